The van der Waals surface area contributed by atoms with E-state index in [1.807, 2.05) is 0 Å². The molecule has 6 rings (SSSR count). The molecule has 0 amide bonds. The Morgan fingerprint density at radius 3 is 1.13 bits per heavy atom. The highest BCUT2D eigenvalue weighted by molar-refractivity contribution is 5.44. The molecule has 5 aromatic rings. The standard InChI is InChI=1S/C13H8F3NO4.C13H10F3NO2.C7H5F3O2.C6H3FNO2/c14-13(15,16)21-12-7-5-11(6-8-12)20-10-3-1-9(2-4-10)17(18)19;14-13(15,16)19-12-7-5-11(6-8-12)18-10-3-1-9(17)2-4-10;8-7(9,10)12-6-3-1-5(11)2-4-6;7-5-1-3-6(4-2-5)8(9)10/h1-8H;1-8H,17H2;1-4,11H;1,3-4H/q;;;+1. The summed E-state index contributed by atoms with van der Waals surface area (Å²) < 4.78 is 140. The lowest BCUT2D eigenvalue weighted by atomic mass is 10.2. The minimum atomic E-state index is -4.75. The van der Waals surface area contributed by atoms with Crippen LogP contribution in [0.4, 0.5) is 55.3 Å². The topological polar surface area (TPSA) is 179 Å². The van der Waals surface area contributed by atoms with Gasteiger partial charge in [-0.3, -0.25) is 10.1 Å². The summed E-state index contributed by atoms with van der Waals surface area (Å²) in [5, 5.41) is 29.2. The van der Waals surface area contributed by atoms with Crippen molar-refractivity contribution in [2.24, 2.45) is 0 Å². The zero-order chi connectivity index (χ0) is 46.1. The molecule has 0 aromatic heterocycles. The first kappa shape index (κ1) is 48.3. The van der Waals surface area contributed by atoms with Crippen molar-refractivity contribution >= 4 is 11.4 Å². The minimum Gasteiger partial charge on any atom is -0.508 e. The van der Waals surface area contributed by atoms with Gasteiger partial charge in [0.15, 0.2) is 6.08 Å². The van der Waals surface area contributed by atoms with Gasteiger partial charge in [-0.2, -0.15) is 4.39 Å². The number of halogens is 10. The van der Waals surface area contributed by atoms with Crippen molar-refractivity contribution in [3.8, 4) is 46.0 Å². The molecule has 0 saturated carbocycles. The van der Waals surface area contributed by atoms with Crippen LogP contribution in [-0.2, 0) is 0 Å². The number of nitrogen functional groups attached to an aromatic ring is 1. The van der Waals surface area contributed by atoms with Crippen molar-refractivity contribution in [3.05, 3.63) is 177 Å². The Bertz CT molecular complexity index is 2300. The van der Waals surface area contributed by atoms with Crippen LogP contribution in [0.15, 0.2) is 151 Å². The number of nitrogens with two attached hydrogens (primary N) is 1. The molecular formula is C39H26F10N3O10+. The molecule has 62 heavy (non-hydrogen) atoms. The van der Waals surface area contributed by atoms with E-state index in [0.29, 0.717) is 22.9 Å². The van der Waals surface area contributed by atoms with Crippen molar-refractivity contribution < 1.29 is 82.5 Å². The highest BCUT2D eigenvalue weighted by Crippen LogP contribution is 2.30. The molecule has 1 aliphatic carbocycles. The van der Waals surface area contributed by atoms with Crippen LogP contribution in [0.5, 0.6) is 46.0 Å². The highest BCUT2D eigenvalue weighted by Gasteiger charge is 2.32. The summed E-state index contributed by atoms with van der Waals surface area (Å²) in [5.41, 5.74) is 5.88. The number of ether oxygens (including phenoxy) is 5. The summed E-state index contributed by atoms with van der Waals surface area (Å²) >= 11 is 0. The van der Waals surface area contributed by atoms with Crippen LogP contribution in [0.3, 0.4) is 0 Å². The molecule has 0 aliphatic heterocycles. The molecule has 1 aliphatic rings. The van der Waals surface area contributed by atoms with Crippen LogP contribution in [0, 0.1) is 26.3 Å². The summed E-state index contributed by atoms with van der Waals surface area (Å²) in [6.45, 7) is 0. The summed E-state index contributed by atoms with van der Waals surface area (Å²) in [6, 6.07) is 26.2. The van der Waals surface area contributed by atoms with E-state index in [1.54, 1.807) is 24.3 Å². The Hall–Kier alpha value is -8.07. The maximum absolute atomic E-state index is 12.1. The van der Waals surface area contributed by atoms with Gasteiger partial charge in [0.2, 0.25) is 0 Å². The number of alkyl halides is 9. The van der Waals surface area contributed by atoms with Gasteiger partial charge in [-0.1, -0.05) is 0 Å². The predicted octanol–water partition coefficient (Wildman–Crippen LogP) is 11.9. The molecule has 0 fully saturated rings. The smallest absolute Gasteiger partial charge is 0.508 e. The number of anilines is 1. The molecule has 326 valence electrons. The van der Waals surface area contributed by atoms with Crippen molar-refractivity contribution in [2.45, 2.75) is 19.1 Å². The molecule has 0 radical (unpaired) electrons. The Kier molecular flexibility index (Phi) is 17.0. The van der Waals surface area contributed by atoms with Gasteiger partial charge in [0.05, 0.1) is 17.1 Å². The second-order valence-corrected chi connectivity index (χ2v) is 11.3. The lowest BCUT2D eigenvalue weighted by Crippen LogP contribution is -2.16. The molecular weight excluding hydrogens is 860 g/mol. The van der Waals surface area contributed by atoms with E-state index >= 15 is 0 Å². The van der Waals surface area contributed by atoms with Crippen molar-refractivity contribution in [3.63, 3.8) is 0 Å². The van der Waals surface area contributed by atoms with E-state index in [9.17, 15) is 64.1 Å². The zero-order valence-electron chi connectivity index (χ0n) is 30.7. The van der Waals surface area contributed by atoms with E-state index in [4.69, 9.17) is 20.3 Å². The first-order chi connectivity index (χ1) is 28.9. The fourth-order valence-corrected chi connectivity index (χ4v) is 4.02. The third-order valence-corrected chi connectivity index (χ3v) is 6.55. The maximum Gasteiger partial charge on any atom is 0.573 e. The lowest BCUT2D eigenvalue weighted by Gasteiger charge is -2.10. The largest absolute Gasteiger partial charge is 0.573 e. The molecule has 23 heteroatoms. The van der Waals surface area contributed by atoms with Crippen LogP contribution in [-0.4, -0.2) is 34.0 Å². The SMILES string of the molecule is Nc1ccc(Oc2ccc(OC(F)(F)F)cc2)cc1.O=[N+]([O-])C1=C[C+]=C(F)C=C1.O=[N+]([O-])c1ccc(Oc2ccc(OC(F)(F)F)cc2)cc1.Oc1ccc(OC(F)(F)F)cc1. The number of allylic oxidation sites excluding steroid dienone is 5. The van der Waals surface area contributed by atoms with Gasteiger partial charge in [0.1, 0.15) is 57.0 Å². The molecule has 0 saturated heterocycles. The van der Waals surface area contributed by atoms with Gasteiger partial charge in [-0.25, -0.2) is 10.1 Å². The number of nitro benzene ring substituents is 1. The number of nitro groups is 2. The summed E-state index contributed by atoms with van der Waals surface area (Å²) in [4.78, 5) is 19.3. The quantitative estimate of drug-likeness (QED) is 0.0473. The van der Waals surface area contributed by atoms with Gasteiger partial charge in [0.25, 0.3) is 11.5 Å². The number of phenols is 1. The Morgan fingerprint density at radius 2 is 0.823 bits per heavy atom. The lowest BCUT2D eigenvalue weighted by molar-refractivity contribution is -0.419. The van der Waals surface area contributed by atoms with Crippen LogP contribution >= 0.6 is 0 Å². The van der Waals surface area contributed by atoms with Crippen molar-refractivity contribution in [1.82, 2.24) is 0 Å². The van der Waals surface area contributed by atoms with E-state index in [-0.39, 0.29) is 40.1 Å². The fourth-order valence-electron chi connectivity index (χ4n) is 4.02. The Balaban J connectivity index is 0.000000229. The number of nitrogens with zero attached hydrogens (tertiary/aromatic N) is 2. The molecule has 0 heterocycles. The second-order valence-electron chi connectivity index (χ2n) is 11.3. The van der Waals surface area contributed by atoms with Gasteiger partial charge in [-0.15, -0.1) is 39.5 Å². The average molecular weight is 887 g/mol. The van der Waals surface area contributed by atoms with Crippen LogP contribution < -0.4 is 29.4 Å². The van der Waals surface area contributed by atoms with Gasteiger partial charge in [0, 0.05) is 17.8 Å². The molecule has 0 unspecified atom stereocenters. The number of hydrogen-bond donors (Lipinski definition) is 2. The van der Waals surface area contributed by atoms with Gasteiger partial charge < -0.3 is 34.5 Å². The number of non-ortho nitro benzene ring substituents is 1. The molecule has 0 bridgehead atoms. The number of aromatic hydroxyl groups is 1. The van der Waals surface area contributed by atoms with E-state index in [2.05, 4.69) is 20.3 Å². The zero-order valence-corrected chi connectivity index (χ0v) is 30.7. The number of hydrogen-bond acceptors (Lipinski definition) is 11. The normalized spacial score (nSPS) is 11.8. The van der Waals surface area contributed by atoms with Crippen LogP contribution in [0.25, 0.3) is 0 Å². The number of phenolic OH excluding ortho intramolecular Hbond substituents is 1. The number of rotatable bonds is 9. The third kappa shape index (κ3) is 19.6. The molecule has 13 nitrogen and oxygen atoms in total. The average Bonchev–Trinajstić information content (AvgIpc) is 3.18. The highest BCUT2D eigenvalue weighted by atomic mass is 19.4. The second kappa shape index (κ2) is 21.8. The Morgan fingerprint density at radius 1 is 0.500 bits per heavy atom. The summed E-state index contributed by atoms with van der Waals surface area (Å²) in [7, 11) is 0. The van der Waals surface area contributed by atoms with Crippen LogP contribution in [0.1, 0.15) is 0 Å². The predicted molar refractivity (Wildman–Crippen MR) is 197 cm³/mol. The third-order valence-electron chi connectivity index (χ3n) is 6.55. The summed E-state index contributed by atoms with van der Waals surface area (Å²) in [5.74, 6) is -0.160. The summed E-state index contributed by atoms with van der Waals surface area (Å²) in [6.07, 6.45) is -8.97. The van der Waals surface area contributed by atoms with Gasteiger partial charge in [-0.05, 0) is 109 Å². The van der Waals surface area contributed by atoms with Crippen molar-refractivity contribution in [2.75, 3.05) is 5.73 Å². The molecule has 0 spiro atoms. The fraction of sp³-hybridized carbons (Fsp3) is 0.0769. The first-order valence-electron chi connectivity index (χ1n) is 16.5. The molecule has 0 atom stereocenters. The molecule has 3 N–H and O–H groups in total. The van der Waals surface area contributed by atoms with Crippen LogP contribution in [0.2, 0.25) is 0 Å². The Labute approximate surface area is 342 Å². The van der Waals surface area contributed by atoms with Gasteiger partial charge >= 0.3 is 24.8 Å². The maximum atomic E-state index is 12.1. The van der Waals surface area contributed by atoms with Crippen molar-refractivity contribution in [1.29, 1.82) is 0 Å². The first-order valence-corrected chi connectivity index (χ1v) is 16.5. The monoisotopic (exact) mass is 886 g/mol. The number of benzene rings is 5. The van der Waals surface area contributed by atoms with E-state index in [0.717, 1.165) is 54.6 Å². The molecule has 5 aromatic carbocycles. The van der Waals surface area contributed by atoms with E-state index < -0.39 is 34.8 Å². The minimum absolute atomic E-state index is 0.0868. The van der Waals surface area contributed by atoms with E-state index in [1.165, 1.54) is 60.7 Å².